The quantitative estimate of drug-likeness (QED) is 0.885. The van der Waals surface area contributed by atoms with Gasteiger partial charge in [0.15, 0.2) is 9.84 Å². The summed E-state index contributed by atoms with van der Waals surface area (Å²) in [6.07, 6.45) is 0. The number of nitrogens with one attached hydrogen (secondary N) is 1. The minimum atomic E-state index is -3.14. The van der Waals surface area contributed by atoms with Crippen molar-refractivity contribution in [2.45, 2.75) is 18.8 Å². The zero-order chi connectivity index (χ0) is 15.5. The summed E-state index contributed by atoms with van der Waals surface area (Å²) in [5.41, 5.74) is 1.89. The Morgan fingerprint density at radius 2 is 2.24 bits per heavy atom. The zero-order valence-electron chi connectivity index (χ0n) is 12.3. The molecule has 7 heteroatoms. The van der Waals surface area contributed by atoms with Crippen LogP contribution in [-0.2, 0) is 16.4 Å². The average Bonchev–Trinajstić information content (AvgIpc) is 2.48. The lowest BCUT2D eigenvalue weighted by Crippen LogP contribution is -2.48. The molecular weight excluding hydrogens is 328 g/mol. The molecule has 0 aliphatic carbocycles. The van der Waals surface area contributed by atoms with Gasteiger partial charge in [0.25, 0.3) is 0 Å². The normalized spacial score (nSPS) is 19.8. The van der Waals surface area contributed by atoms with Crippen molar-refractivity contribution in [1.29, 1.82) is 0 Å². The molecule has 1 aromatic rings. The summed E-state index contributed by atoms with van der Waals surface area (Å²) >= 11 is 8.08. The van der Waals surface area contributed by atoms with Gasteiger partial charge in [0.1, 0.15) is 5.37 Å². The van der Waals surface area contributed by atoms with Crippen LogP contribution in [0, 0.1) is 0 Å². The molecule has 0 aromatic heterocycles. The van der Waals surface area contributed by atoms with Gasteiger partial charge in [-0.2, -0.15) is 11.8 Å². The lowest BCUT2D eigenvalue weighted by Gasteiger charge is -2.38. The molecule has 0 saturated carbocycles. The molecule has 0 spiro atoms. The predicted molar refractivity (Wildman–Crippen MR) is 92.1 cm³/mol. The molecule has 0 bridgehead atoms. The first-order valence-electron chi connectivity index (χ1n) is 6.99. The van der Waals surface area contributed by atoms with Crippen LogP contribution in [0.25, 0.3) is 0 Å². The van der Waals surface area contributed by atoms with Crippen molar-refractivity contribution in [3.63, 3.8) is 0 Å². The number of benzene rings is 1. The van der Waals surface area contributed by atoms with E-state index in [9.17, 15) is 8.42 Å². The van der Waals surface area contributed by atoms with Gasteiger partial charge in [0.2, 0.25) is 0 Å². The van der Waals surface area contributed by atoms with Gasteiger partial charge in [0.05, 0.1) is 10.7 Å². The van der Waals surface area contributed by atoms with Crippen LogP contribution < -0.4 is 10.2 Å². The van der Waals surface area contributed by atoms with Crippen molar-refractivity contribution in [2.24, 2.45) is 0 Å². The number of sulfone groups is 1. The molecule has 1 atom stereocenters. The highest BCUT2D eigenvalue weighted by molar-refractivity contribution is 8.01. The van der Waals surface area contributed by atoms with Crippen molar-refractivity contribution in [2.75, 3.05) is 35.8 Å². The second-order valence-corrected chi connectivity index (χ2v) is 8.96. The van der Waals surface area contributed by atoms with Crippen molar-refractivity contribution in [3.05, 3.63) is 28.8 Å². The molecule has 0 radical (unpaired) electrons. The molecule has 118 valence electrons. The fraction of sp³-hybridized carbons (Fsp3) is 0.571. The fourth-order valence-corrected chi connectivity index (χ4v) is 5.82. The molecule has 1 unspecified atom stereocenters. The Labute approximate surface area is 136 Å². The van der Waals surface area contributed by atoms with Gasteiger partial charge in [-0.3, -0.25) is 0 Å². The molecule has 1 aliphatic heterocycles. The monoisotopic (exact) mass is 348 g/mol. The summed E-state index contributed by atoms with van der Waals surface area (Å²) in [5.74, 6) is 1.67. The van der Waals surface area contributed by atoms with Gasteiger partial charge in [-0.15, -0.1) is 0 Å². The molecule has 1 aliphatic rings. The van der Waals surface area contributed by atoms with E-state index in [0.29, 0.717) is 23.9 Å². The number of anilines is 1. The molecule has 1 saturated heterocycles. The van der Waals surface area contributed by atoms with Crippen LogP contribution in [0.5, 0.6) is 0 Å². The average molecular weight is 349 g/mol. The molecule has 21 heavy (non-hydrogen) atoms. The third-order valence-electron chi connectivity index (χ3n) is 3.63. The van der Waals surface area contributed by atoms with Crippen LogP contribution in [0.3, 0.4) is 0 Å². The molecular formula is C14H21ClN2O2S2. The summed E-state index contributed by atoms with van der Waals surface area (Å²) in [4.78, 5) is 1.98. The fourth-order valence-electron chi connectivity index (χ4n) is 2.54. The molecule has 0 amide bonds. The van der Waals surface area contributed by atoms with Crippen LogP contribution in [0.1, 0.15) is 12.5 Å². The number of rotatable bonds is 5. The van der Waals surface area contributed by atoms with Crippen molar-refractivity contribution in [1.82, 2.24) is 5.32 Å². The van der Waals surface area contributed by atoms with E-state index in [0.717, 1.165) is 17.0 Å². The second kappa shape index (κ2) is 7.22. The number of hydrogen-bond donors (Lipinski definition) is 1. The van der Waals surface area contributed by atoms with E-state index in [1.165, 1.54) is 0 Å². The maximum Gasteiger partial charge on any atom is 0.171 e. The summed E-state index contributed by atoms with van der Waals surface area (Å²) in [6, 6.07) is 5.73. The molecule has 2 rings (SSSR count). The Kier molecular flexibility index (Phi) is 5.82. The summed E-state index contributed by atoms with van der Waals surface area (Å²) in [6.45, 7) is 3.07. The third kappa shape index (κ3) is 3.67. The lowest BCUT2D eigenvalue weighted by atomic mass is 10.1. The maximum atomic E-state index is 12.4. The van der Waals surface area contributed by atoms with E-state index in [1.807, 2.05) is 30.1 Å². The Morgan fingerprint density at radius 3 is 2.90 bits per heavy atom. The molecule has 4 nitrogen and oxygen atoms in total. The van der Waals surface area contributed by atoms with Crippen LogP contribution in [-0.4, -0.2) is 44.6 Å². The van der Waals surface area contributed by atoms with E-state index in [-0.39, 0.29) is 5.75 Å². The Bertz CT molecular complexity index is 593. The standard InChI is InChI=1S/C14H21ClN2O2S2/c1-3-21(18,19)13-10-20-8-7-17(13)14-11(9-16-2)5-4-6-12(14)15/h4-6,13,16H,3,7-10H2,1-2H3. The van der Waals surface area contributed by atoms with Crippen molar-refractivity contribution < 1.29 is 8.42 Å². The molecule has 1 fully saturated rings. The molecule has 1 N–H and O–H groups in total. The maximum absolute atomic E-state index is 12.4. The van der Waals surface area contributed by atoms with Gasteiger partial charge < -0.3 is 10.2 Å². The van der Waals surface area contributed by atoms with Crippen LogP contribution in [0.2, 0.25) is 5.02 Å². The van der Waals surface area contributed by atoms with E-state index >= 15 is 0 Å². The van der Waals surface area contributed by atoms with Gasteiger partial charge in [-0.1, -0.05) is 30.7 Å². The van der Waals surface area contributed by atoms with E-state index < -0.39 is 15.2 Å². The Hall–Kier alpha value is -0.430. The highest BCUT2D eigenvalue weighted by Gasteiger charge is 2.34. The third-order valence-corrected chi connectivity index (χ3v) is 7.22. The first-order valence-corrected chi connectivity index (χ1v) is 10.2. The summed E-state index contributed by atoms with van der Waals surface area (Å²) in [5, 5.41) is 3.25. The number of hydrogen-bond acceptors (Lipinski definition) is 5. The highest BCUT2D eigenvalue weighted by atomic mass is 35.5. The first kappa shape index (κ1) is 16.9. The number of nitrogens with zero attached hydrogens (tertiary/aromatic N) is 1. The topological polar surface area (TPSA) is 49.4 Å². The van der Waals surface area contributed by atoms with Crippen LogP contribution >= 0.6 is 23.4 Å². The van der Waals surface area contributed by atoms with E-state index in [2.05, 4.69) is 5.32 Å². The highest BCUT2D eigenvalue weighted by Crippen LogP contribution is 2.35. The SMILES string of the molecule is CCS(=O)(=O)C1CSCCN1c1c(Cl)cccc1CNC. The van der Waals surface area contributed by atoms with Crippen LogP contribution in [0.15, 0.2) is 18.2 Å². The summed E-state index contributed by atoms with van der Waals surface area (Å²) in [7, 11) is -1.27. The van der Waals surface area contributed by atoms with E-state index in [1.54, 1.807) is 18.7 Å². The van der Waals surface area contributed by atoms with Gasteiger partial charge in [0, 0.05) is 30.3 Å². The largest absolute Gasteiger partial charge is 0.352 e. The smallest absolute Gasteiger partial charge is 0.171 e. The summed E-state index contributed by atoms with van der Waals surface area (Å²) < 4.78 is 24.8. The molecule has 1 aromatic carbocycles. The Balaban J connectivity index is 2.47. The van der Waals surface area contributed by atoms with Gasteiger partial charge >= 0.3 is 0 Å². The van der Waals surface area contributed by atoms with Crippen molar-refractivity contribution in [3.8, 4) is 0 Å². The second-order valence-electron chi connectivity index (χ2n) is 4.95. The zero-order valence-corrected chi connectivity index (χ0v) is 14.7. The van der Waals surface area contributed by atoms with E-state index in [4.69, 9.17) is 11.6 Å². The molecule has 1 heterocycles. The minimum Gasteiger partial charge on any atom is -0.352 e. The minimum absolute atomic E-state index is 0.153. The van der Waals surface area contributed by atoms with Gasteiger partial charge in [-0.05, 0) is 18.7 Å². The van der Waals surface area contributed by atoms with Crippen molar-refractivity contribution >= 4 is 38.9 Å². The number of thioether (sulfide) groups is 1. The number of halogens is 1. The number of para-hydroxylation sites is 1. The predicted octanol–water partition coefficient (Wildman–Crippen LogP) is 2.37. The van der Waals surface area contributed by atoms with Gasteiger partial charge in [-0.25, -0.2) is 8.42 Å². The van der Waals surface area contributed by atoms with Crippen LogP contribution in [0.4, 0.5) is 5.69 Å². The lowest BCUT2D eigenvalue weighted by molar-refractivity contribution is 0.579. The first-order chi connectivity index (χ1) is 10.0. The Morgan fingerprint density at radius 1 is 1.48 bits per heavy atom.